The van der Waals surface area contributed by atoms with Gasteiger partial charge in [0.15, 0.2) is 0 Å². The zero-order chi connectivity index (χ0) is 16.2. The Morgan fingerprint density at radius 2 is 1.67 bits per heavy atom. The Morgan fingerprint density at radius 1 is 1.00 bits per heavy atom. The Labute approximate surface area is 195 Å². The summed E-state index contributed by atoms with van der Waals surface area (Å²) in [6.07, 6.45) is 0. The number of benzene rings is 3. The smallest absolute Gasteiger partial charge is 0.489 e. The van der Waals surface area contributed by atoms with E-state index in [1.165, 1.54) is 11.6 Å². The van der Waals surface area contributed by atoms with Crippen molar-refractivity contribution in [2.24, 2.45) is 0 Å². The number of rotatable bonds is 4. The monoisotopic (exact) mass is 410 g/mol. The van der Waals surface area contributed by atoms with E-state index in [2.05, 4.69) is 25.1 Å². The Kier molecular flexibility index (Phi) is 7.64. The third-order valence-electron chi connectivity index (χ3n) is 3.58. The van der Waals surface area contributed by atoms with E-state index in [4.69, 9.17) is 16.3 Å². The standard InChI is InChI=1S/C20H15ClFO.Rb/c1-14-5-7-15(8-6-14)13-23-17-11-9-16(10-12-17)18-3-2-4-19(22)20(18)21;/h2-3,5-12H,13H2,1H3;/q-1;+1. The number of aryl methyl sites for hydroxylation is 1. The van der Waals surface area contributed by atoms with Crippen LogP contribution in [0.5, 0.6) is 5.75 Å². The minimum Gasteiger partial charge on any atom is -0.489 e. The van der Waals surface area contributed by atoms with Gasteiger partial charge in [0.2, 0.25) is 0 Å². The van der Waals surface area contributed by atoms with Gasteiger partial charge in [-0.05, 0) is 35.2 Å². The van der Waals surface area contributed by atoms with Gasteiger partial charge in [-0.2, -0.15) is 23.7 Å². The summed E-state index contributed by atoms with van der Waals surface area (Å²) in [7, 11) is 0. The van der Waals surface area contributed by atoms with Crippen molar-refractivity contribution in [3.8, 4) is 16.9 Å². The molecule has 24 heavy (non-hydrogen) atoms. The molecule has 0 spiro atoms. The maximum absolute atomic E-state index is 13.5. The van der Waals surface area contributed by atoms with Crippen LogP contribution in [-0.2, 0) is 6.61 Å². The molecule has 0 aliphatic carbocycles. The van der Waals surface area contributed by atoms with Gasteiger partial charge < -0.3 is 4.74 Å². The van der Waals surface area contributed by atoms with Crippen LogP contribution in [0.2, 0.25) is 5.02 Å². The van der Waals surface area contributed by atoms with Crippen LogP contribution < -0.4 is 62.9 Å². The van der Waals surface area contributed by atoms with E-state index in [0.717, 1.165) is 16.9 Å². The van der Waals surface area contributed by atoms with Crippen molar-refractivity contribution in [3.63, 3.8) is 0 Å². The summed E-state index contributed by atoms with van der Waals surface area (Å²) in [5.74, 6) is 0.220. The number of hydrogen-bond donors (Lipinski definition) is 0. The van der Waals surface area contributed by atoms with Crippen molar-refractivity contribution < 1.29 is 67.3 Å². The quantitative estimate of drug-likeness (QED) is 0.601. The molecular formula is C20H15ClFORb. The Balaban J connectivity index is 0.00000208. The van der Waals surface area contributed by atoms with E-state index >= 15 is 0 Å². The van der Waals surface area contributed by atoms with Crippen LogP contribution in [0.15, 0.2) is 60.7 Å². The molecule has 0 bridgehead atoms. The Hall–Kier alpha value is -0.515. The van der Waals surface area contributed by atoms with Gasteiger partial charge in [0.05, 0.1) is 0 Å². The molecule has 0 atom stereocenters. The summed E-state index contributed by atoms with van der Waals surface area (Å²) >= 11 is 5.98. The van der Waals surface area contributed by atoms with Crippen LogP contribution in [0.1, 0.15) is 11.1 Å². The minimum atomic E-state index is -0.538. The predicted molar refractivity (Wildman–Crippen MR) is 91.2 cm³/mol. The van der Waals surface area contributed by atoms with Crippen LogP contribution in [0.25, 0.3) is 11.1 Å². The summed E-state index contributed by atoms with van der Waals surface area (Å²) in [6.45, 7) is 2.56. The van der Waals surface area contributed by atoms with Crippen molar-refractivity contribution in [3.05, 3.63) is 88.7 Å². The molecule has 3 rings (SSSR count). The summed E-state index contributed by atoms with van der Waals surface area (Å²) in [6, 6.07) is 21.4. The fourth-order valence-corrected chi connectivity index (χ4v) is 2.48. The zero-order valence-corrected chi connectivity index (χ0v) is 19.3. The SMILES string of the molecule is Cc1ccc(COc2ccc(-c3cc[c-]c(F)c3Cl)cc2)cc1.[Rb+]. The molecule has 0 N–H and O–H groups in total. The second kappa shape index (κ2) is 9.26. The van der Waals surface area contributed by atoms with Crippen molar-refractivity contribution in [2.75, 3.05) is 0 Å². The van der Waals surface area contributed by atoms with Gasteiger partial charge >= 0.3 is 58.2 Å². The maximum Gasteiger partial charge on any atom is 1.00 e. The van der Waals surface area contributed by atoms with Gasteiger partial charge in [0, 0.05) is 5.82 Å². The topological polar surface area (TPSA) is 9.23 Å². The molecule has 3 aromatic rings. The molecular weight excluding hydrogens is 396 g/mol. The van der Waals surface area contributed by atoms with Crippen molar-refractivity contribution in [1.82, 2.24) is 0 Å². The molecule has 0 saturated carbocycles. The second-order valence-corrected chi connectivity index (χ2v) is 5.70. The third-order valence-corrected chi connectivity index (χ3v) is 3.95. The molecule has 4 heteroatoms. The molecule has 0 saturated heterocycles. The van der Waals surface area contributed by atoms with Crippen LogP contribution in [0.3, 0.4) is 0 Å². The molecule has 0 aliphatic rings. The van der Waals surface area contributed by atoms with Gasteiger partial charge in [0.1, 0.15) is 12.4 Å². The van der Waals surface area contributed by atoms with E-state index in [1.54, 1.807) is 6.07 Å². The molecule has 0 unspecified atom stereocenters. The van der Waals surface area contributed by atoms with Crippen LogP contribution in [0.4, 0.5) is 4.39 Å². The summed E-state index contributed by atoms with van der Waals surface area (Å²) in [5, 5.41) is 0.0841. The first kappa shape index (κ1) is 19.8. The van der Waals surface area contributed by atoms with Crippen LogP contribution in [0, 0.1) is 18.8 Å². The second-order valence-electron chi connectivity index (χ2n) is 5.32. The summed E-state index contributed by atoms with van der Waals surface area (Å²) < 4.78 is 19.2. The first-order valence-electron chi connectivity index (χ1n) is 7.28. The molecule has 0 fully saturated rings. The third kappa shape index (κ3) is 5.00. The number of halogens is 2. The molecule has 116 valence electrons. The van der Waals surface area contributed by atoms with Gasteiger partial charge in [-0.1, -0.05) is 42.0 Å². The Bertz CT molecular complexity index is 801. The molecule has 0 amide bonds. The van der Waals surface area contributed by atoms with E-state index in [9.17, 15) is 4.39 Å². The van der Waals surface area contributed by atoms with E-state index in [0.29, 0.717) is 12.2 Å². The predicted octanol–water partition coefficient (Wildman–Crippen LogP) is 2.84. The van der Waals surface area contributed by atoms with Crippen molar-refractivity contribution in [2.45, 2.75) is 13.5 Å². The van der Waals surface area contributed by atoms with Gasteiger partial charge in [-0.3, -0.25) is 0 Å². The number of hydrogen-bond acceptors (Lipinski definition) is 1. The van der Waals surface area contributed by atoms with Crippen LogP contribution in [-0.4, -0.2) is 0 Å². The van der Waals surface area contributed by atoms with E-state index < -0.39 is 5.82 Å². The molecule has 0 aliphatic heterocycles. The van der Waals surface area contributed by atoms with Gasteiger partial charge in [0.25, 0.3) is 0 Å². The van der Waals surface area contributed by atoms with E-state index in [-0.39, 0.29) is 63.2 Å². The fraction of sp³-hybridized carbons (Fsp3) is 0.100. The summed E-state index contributed by atoms with van der Waals surface area (Å²) in [5.41, 5.74) is 3.82. The average molecular weight is 411 g/mol. The van der Waals surface area contributed by atoms with Crippen molar-refractivity contribution in [1.29, 1.82) is 0 Å². The molecule has 0 heterocycles. The first-order chi connectivity index (χ1) is 11.1. The maximum atomic E-state index is 13.5. The zero-order valence-electron chi connectivity index (χ0n) is 13.6. The number of ether oxygens (including phenoxy) is 1. The molecule has 0 aromatic heterocycles. The first-order valence-corrected chi connectivity index (χ1v) is 7.66. The molecule has 3 aromatic carbocycles. The largest absolute Gasteiger partial charge is 1.00 e. The van der Waals surface area contributed by atoms with Gasteiger partial charge in [-0.15, -0.1) is 11.6 Å². The van der Waals surface area contributed by atoms with Crippen molar-refractivity contribution >= 4 is 11.6 Å². The minimum absolute atomic E-state index is 0. The molecule has 1 nitrogen and oxygen atoms in total. The average Bonchev–Trinajstić information content (AvgIpc) is 2.57. The molecule has 0 radical (unpaired) electrons. The normalized spacial score (nSPS) is 10.1. The van der Waals surface area contributed by atoms with Gasteiger partial charge in [-0.25, -0.2) is 4.39 Å². The Morgan fingerprint density at radius 3 is 2.33 bits per heavy atom. The van der Waals surface area contributed by atoms with E-state index in [1.807, 2.05) is 36.4 Å². The summed E-state index contributed by atoms with van der Waals surface area (Å²) in [4.78, 5) is 0. The van der Waals surface area contributed by atoms with Crippen LogP contribution >= 0.6 is 11.6 Å². The fourth-order valence-electron chi connectivity index (χ4n) is 2.26.